The Hall–Kier alpha value is -0.610. The highest BCUT2D eigenvalue weighted by Gasteiger charge is 2.42. The zero-order valence-electron chi connectivity index (χ0n) is 11.3. The normalized spacial score (nSPS) is 29.6. The van der Waals surface area contributed by atoms with Crippen molar-refractivity contribution in [2.24, 2.45) is 11.8 Å². The van der Waals surface area contributed by atoms with Crippen LogP contribution in [0.4, 0.5) is 0 Å². The Morgan fingerprint density at radius 1 is 1.33 bits per heavy atom. The molecule has 2 aliphatic carbocycles. The predicted octanol–water partition coefficient (Wildman–Crippen LogP) is 0.585. The molecule has 1 amide bonds. The number of carbonyl (C=O) groups excluding carboxylic acids is 1. The first-order valence-corrected chi connectivity index (χ1v) is 7.48. The van der Waals surface area contributed by atoms with Gasteiger partial charge in [0, 0.05) is 31.7 Å². The molecule has 1 aliphatic heterocycles. The summed E-state index contributed by atoms with van der Waals surface area (Å²) in [6, 6.07) is 0.973. The molecule has 2 saturated carbocycles. The van der Waals surface area contributed by atoms with E-state index >= 15 is 0 Å². The maximum absolute atomic E-state index is 12.2. The van der Waals surface area contributed by atoms with E-state index in [2.05, 4.69) is 22.5 Å². The molecular weight excluding hydrogens is 226 g/mol. The van der Waals surface area contributed by atoms with E-state index in [4.69, 9.17) is 0 Å². The summed E-state index contributed by atoms with van der Waals surface area (Å²) in [7, 11) is 0. The van der Waals surface area contributed by atoms with E-state index in [9.17, 15) is 4.79 Å². The molecule has 4 nitrogen and oxygen atoms in total. The van der Waals surface area contributed by atoms with Crippen LogP contribution in [-0.4, -0.2) is 49.1 Å². The molecule has 0 aromatic rings. The minimum absolute atomic E-state index is 0.243. The van der Waals surface area contributed by atoms with Crippen LogP contribution in [0.15, 0.2) is 0 Å². The Morgan fingerprint density at radius 3 is 2.56 bits per heavy atom. The van der Waals surface area contributed by atoms with E-state index in [1.165, 1.54) is 25.7 Å². The third-order valence-electron chi connectivity index (χ3n) is 4.57. The van der Waals surface area contributed by atoms with Crippen LogP contribution < -0.4 is 10.6 Å². The van der Waals surface area contributed by atoms with Gasteiger partial charge in [0.15, 0.2) is 0 Å². The summed E-state index contributed by atoms with van der Waals surface area (Å²) in [6.07, 6.45) is 5.30. The first-order valence-electron chi connectivity index (χ1n) is 7.48. The molecule has 3 fully saturated rings. The quantitative estimate of drug-likeness (QED) is 0.751. The van der Waals surface area contributed by atoms with E-state index in [0.29, 0.717) is 18.6 Å². The van der Waals surface area contributed by atoms with Crippen LogP contribution in [0.2, 0.25) is 0 Å². The molecule has 2 N–H and O–H groups in total. The molecular formula is C14H25N3O. The summed E-state index contributed by atoms with van der Waals surface area (Å²) in [6.45, 7) is 5.78. The average molecular weight is 251 g/mol. The van der Waals surface area contributed by atoms with E-state index in [0.717, 1.165) is 31.5 Å². The second kappa shape index (κ2) is 5.17. The van der Waals surface area contributed by atoms with Gasteiger partial charge in [-0.2, -0.15) is 0 Å². The van der Waals surface area contributed by atoms with E-state index < -0.39 is 0 Å². The third kappa shape index (κ3) is 3.04. The van der Waals surface area contributed by atoms with Gasteiger partial charge in [0.1, 0.15) is 0 Å². The molecule has 3 rings (SSSR count). The van der Waals surface area contributed by atoms with E-state index in [1.54, 1.807) is 0 Å². The Bertz CT molecular complexity index is 300. The molecule has 0 radical (unpaired) electrons. The van der Waals surface area contributed by atoms with Gasteiger partial charge in [0.25, 0.3) is 0 Å². The van der Waals surface area contributed by atoms with Crippen molar-refractivity contribution in [3.8, 4) is 0 Å². The fourth-order valence-corrected chi connectivity index (χ4v) is 3.07. The van der Waals surface area contributed by atoms with Crippen LogP contribution >= 0.6 is 0 Å². The van der Waals surface area contributed by atoms with Gasteiger partial charge in [-0.3, -0.25) is 9.69 Å². The number of carbonyl (C=O) groups is 1. The standard InChI is InChI=1S/C14H25N3O/c1-10-8-15-6-7-17(10)9-13(18)16-14(11-2-3-11)12-4-5-12/h10-12,14-15H,2-9H2,1H3,(H,16,18)/t10-/m0/s1. The highest BCUT2D eigenvalue weighted by Crippen LogP contribution is 2.44. The summed E-state index contributed by atoms with van der Waals surface area (Å²) in [5.74, 6) is 1.83. The topological polar surface area (TPSA) is 44.4 Å². The molecule has 0 aromatic carbocycles. The van der Waals surface area contributed by atoms with Crippen LogP contribution in [-0.2, 0) is 4.79 Å². The van der Waals surface area contributed by atoms with Crippen molar-refractivity contribution < 1.29 is 4.79 Å². The molecule has 102 valence electrons. The van der Waals surface area contributed by atoms with Crippen molar-refractivity contribution in [3.05, 3.63) is 0 Å². The minimum atomic E-state index is 0.243. The van der Waals surface area contributed by atoms with Crippen LogP contribution in [0, 0.1) is 11.8 Å². The van der Waals surface area contributed by atoms with Crippen LogP contribution in [0.25, 0.3) is 0 Å². The second-order valence-electron chi connectivity index (χ2n) is 6.29. The van der Waals surface area contributed by atoms with E-state index in [-0.39, 0.29) is 5.91 Å². The number of nitrogens with one attached hydrogen (secondary N) is 2. The summed E-state index contributed by atoms with van der Waals surface area (Å²) in [4.78, 5) is 14.5. The number of amides is 1. The Morgan fingerprint density at radius 2 is 2.00 bits per heavy atom. The summed E-state index contributed by atoms with van der Waals surface area (Å²) in [5.41, 5.74) is 0. The second-order valence-corrected chi connectivity index (χ2v) is 6.29. The lowest BCUT2D eigenvalue weighted by Gasteiger charge is -2.33. The lowest BCUT2D eigenvalue weighted by atomic mass is 10.1. The van der Waals surface area contributed by atoms with Crippen molar-refractivity contribution in [1.29, 1.82) is 0 Å². The average Bonchev–Trinajstić information content (AvgIpc) is 3.22. The Labute approximate surface area is 109 Å². The number of rotatable bonds is 5. The van der Waals surface area contributed by atoms with Crippen molar-refractivity contribution in [1.82, 2.24) is 15.5 Å². The summed E-state index contributed by atoms with van der Waals surface area (Å²) >= 11 is 0. The first kappa shape index (κ1) is 12.4. The zero-order chi connectivity index (χ0) is 12.5. The molecule has 1 heterocycles. The SMILES string of the molecule is C[C@H]1CNCCN1CC(=O)NC(C1CC1)C1CC1. The molecule has 18 heavy (non-hydrogen) atoms. The fraction of sp³-hybridized carbons (Fsp3) is 0.929. The van der Waals surface area contributed by atoms with Gasteiger partial charge < -0.3 is 10.6 Å². The molecule has 3 aliphatic rings. The highest BCUT2D eigenvalue weighted by molar-refractivity contribution is 5.78. The molecule has 1 saturated heterocycles. The highest BCUT2D eigenvalue weighted by atomic mass is 16.2. The van der Waals surface area contributed by atoms with Gasteiger partial charge in [-0.15, -0.1) is 0 Å². The number of nitrogens with zero attached hydrogens (tertiary/aromatic N) is 1. The van der Waals surface area contributed by atoms with Gasteiger partial charge >= 0.3 is 0 Å². The van der Waals surface area contributed by atoms with Crippen LogP contribution in [0.3, 0.4) is 0 Å². The zero-order valence-corrected chi connectivity index (χ0v) is 11.3. The Kier molecular flexibility index (Phi) is 3.57. The molecule has 0 aromatic heterocycles. The lowest BCUT2D eigenvalue weighted by Crippen LogP contribution is -2.53. The van der Waals surface area contributed by atoms with Crippen LogP contribution in [0.5, 0.6) is 0 Å². The summed E-state index contributed by atoms with van der Waals surface area (Å²) in [5, 5.41) is 6.67. The smallest absolute Gasteiger partial charge is 0.234 e. The largest absolute Gasteiger partial charge is 0.352 e. The fourth-order valence-electron chi connectivity index (χ4n) is 3.07. The molecule has 0 unspecified atom stereocenters. The minimum Gasteiger partial charge on any atom is -0.352 e. The van der Waals surface area contributed by atoms with Gasteiger partial charge in [-0.25, -0.2) is 0 Å². The maximum Gasteiger partial charge on any atom is 0.234 e. The predicted molar refractivity (Wildman–Crippen MR) is 71.3 cm³/mol. The molecule has 1 atom stereocenters. The van der Waals surface area contributed by atoms with Crippen molar-refractivity contribution >= 4 is 5.91 Å². The van der Waals surface area contributed by atoms with Gasteiger partial charge in [-0.1, -0.05) is 0 Å². The lowest BCUT2D eigenvalue weighted by molar-refractivity contribution is -0.124. The van der Waals surface area contributed by atoms with Crippen molar-refractivity contribution in [2.75, 3.05) is 26.2 Å². The van der Waals surface area contributed by atoms with E-state index in [1.807, 2.05) is 0 Å². The van der Waals surface area contributed by atoms with Crippen molar-refractivity contribution in [3.63, 3.8) is 0 Å². The third-order valence-corrected chi connectivity index (χ3v) is 4.57. The van der Waals surface area contributed by atoms with Crippen LogP contribution in [0.1, 0.15) is 32.6 Å². The number of hydrogen-bond acceptors (Lipinski definition) is 3. The molecule has 0 bridgehead atoms. The first-order chi connectivity index (χ1) is 8.74. The van der Waals surface area contributed by atoms with Gasteiger partial charge in [0.2, 0.25) is 5.91 Å². The molecule has 0 spiro atoms. The maximum atomic E-state index is 12.2. The Balaban J connectivity index is 1.48. The monoisotopic (exact) mass is 251 g/mol. The van der Waals surface area contributed by atoms with Gasteiger partial charge in [-0.05, 0) is 44.4 Å². The van der Waals surface area contributed by atoms with Crippen molar-refractivity contribution in [2.45, 2.75) is 44.7 Å². The number of piperazine rings is 1. The molecule has 4 heteroatoms. The van der Waals surface area contributed by atoms with Gasteiger partial charge in [0.05, 0.1) is 6.54 Å². The number of hydrogen-bond donors (Lipinski definition) is 2. The summed E-state index contributed by atoms with van der Waals surface area (Å²) < 4.78 is 0.